The van der Waals surface area contributed by atoms with Crippen LogP contribution in [0.15, 0.2) is 24.3 Å². The molecule has 1 aromatic rings. The number of likely N-dealkylation sites (tertiary alicyclic amines) is 1. The number of hydrogen-bond acceptors (Lipinski definition) is 5. The minimum absolute atomic E-state index is 0.106. The second-order valence-electron chi connectivity index (χ2n) is 5.26. The lowest BCUT2D eigenvalue weighted by Crippen LogP contribution is -2.40. The van der Waals surface area contributed by atoms with Gasteiger partial charge in [0, 0.05) is 12.6 Å². The van der Waals surface area contributed by atoms with E-state index in [-0.39, 0.29) is 23.2 Å². The van der Waals surface area contributed by atoms with Crippen molar-refractivity contribution in [3.63, 3.8) is 0 Å². The Labute approximate surface area is 145 Å². The molecule has 7 heteroatoms. The van der Waals surface area contributed by atoms with Gasteiger partial charge in [-0.1, -0.05) is 26.0 Å². The number of para-hydroxylation sites is 1. The Morgan fingerprint density at radius 1 is 1.35 bits per heavy atom. The first-order valence-electron chi connectivity index (χ1n) is 7.87. The molecule has 1 heterocycles. The van der Waals surface area contributed by atoms with Crippen LogP contribution in [0.5, 0.6) is 0 Å². The molecule has 0 aromatic heterocycles. The molecule has 1 unspecified atom stereocenters. The molecule has 0 spiro atoms. The van der Waals surface area contributed by atoms with Crippen molar-refractivity contribution in [3.05, 3.63) is 39.9 Å². The first-order valence-corrected chi connectivity index (χ1v) is 9.97. The van der Waals surface area contributed by atoms with Crippen molar-refractivity contribution in [1.82, 2.24) is 4.90 Å². The fraction of sp³-hybridized carbons (Fsp3) is 0.562. The largest absolute Gasteiger partial charge is 0.333 e. The summed E-state index contributed by atoms with van der Waals surface area (Å²) < 4.78 is 0.333. The molecular weight excluding hydrogens is 332 g/mol. The van der Waals surface area contributed by atoms with Crippen LogP contribution in [0.4, 0.5) is 5.69 Å². The molecule has 5 nitrogen and oxygen atoms in total. The summed E-state index contributed by atoms with van der Waals surface area (Å²) in [5.74, 6) is 1.79. The molecule has 23 heavy (non-hydrogen) atoms. The number of nitro groups is 1. The summed E-state index contributed by atoms with van der Waals surface area (Å²) in [6.07, 6.45) is 1.93. The first-order chi connectivity index (χ1) is 11.1. The van der Waals surface area contributed by atoms with Gasteiger partial charge in [0.25, 0.3) is 11.6 Å². The Kier molecular flexibility index (Phi) is 6.77. The summed E-state index contributed by atoms with van der Waals surface area (Å²) >= 11 is 3.72. The number of carbonyl (C=O) groups is 1. The number of rotatable bonds is 7. The molecule has 0 saturated carbocycles. The summed E-state index contributed by atoms with van der Waals surface area (Å²) in [6, 6.07) is 6.39. The third kappa shape index (κ3) is 4.20. The van der Waals surface area contributed by atoms with Gasteiger partial charge in [0.2, 0.25) is 0 Å². The Hall–Kier alpha value is -1.21. The van der Waals surface area contributed by atoms with Crippen molar-refractivity contribution < 1.29 is 9.72 Å². The molecule has 1 amide bonds. The minimum Gasteiger partial charge on any atom is -0.333 e. The minimum atomic E-state index is -0.475. The monoisotopic (exact) mass is 354 g/mol. The van der Waals surface area contributed by atoms with Crippen molar-refractivity contribution in [2.75, 3.05) is 18.1 Å². The zero-order valence-electron chi connectivity index (χ0n) is 13.4. The van der Waals surface area contributed by atoms with Crippen LogP contribution in [0, 0.1) is 10.1 Å². The van der Waals surface area contributed by atoms with Crippen molar-refractivity contribution in [2.45, 2.75) is 37.3 Å². The first kappa shape index (κ1) is 18.1. The lowest BCUT2D eigenvalue weighted by atomic mass is 10.1. The molecule has 0 bridgehead atoms. The Morgan fingerprint density at radius 3 is 2.61 bits per heavy atom. The Morgan fingerprint density at radius 2 is 2.00 bits per heavy atom. The van der Waals surface area contributed by atoms with Gasteiger partial charge in [-0.15, -0.1) is 23.5 Å². The number of benzene rings is 1. The molecule has 126 valence electrons. The van der Waals surface area contributed by atoms with Crippen molar-refractivity contribution in [3.8, 4) is 0 Å². The van der Waals surface area contributed by atoms with E-state index in [2.05, 4.69) is 13.8 Å². The number of hydrogen-bond donors (Lipinski definition) is 0. The van der Waals surface area contributed by atoms with Gasteiger partial charge in [-0.3, -0.25) is 14.9 Å². The van der Waals surface area contributed by atoms with Crippen LogP contribution < -0.4 is 0 Å². The maximum atomic E-state index is 12.9. The number of thioether (sulfide) groups is 2. The molecule has 0 aliphatic carbocycles. The smallest absolute Gasteiger partial charge is 0.282 e. The SMILES string of the molecule is CCSC(SCC)C1CCCN1C(=O)c1ccccc1[N+](=O)[O-]. The van der Waals surface area contributed by atoms with Gasteiger partial charge < -0.3 is 4.90 Å². The Bertz CT molecular complexity index is 562. The molecular formula is C16H22N2O3S2. The van der Waals surface area contributed by atoms with Gasteiger partial charge in [-0.2, -0.15) is 0 Å². The van der Waals surface area contributed by atoms with E-state index in [1.807, 2.05) is 28.4 Å². The average Bonchev–Trinajstić information content (AvgIpc) is 3.03. The molecule has 1 aromatic carbocycles. The van der Waals surface area contributed by atoms with E-state index >= 15 is 0 Å². The molecule has 1 aliphatic rings. The van der Waals surface area contributed by atoms with Crippen LogP contribution >= 0.6 is 23.5 Å². The van der Waals surface area contributed by atoms with Crippen LogP contribution in [0.2, 0.25) is 0 Å². The summed E-state index contributed by atoms with van der Waals surface area (Å²) in [6.45, 7) is 4.93. The predicted octanol–water partition coefficient (Wildman–Crippen LogP) is 4.03. The number of amides is 1. The summed E-state index contributed by atoms with van der Waals surface area (Å²) in [4.78, 5) is 25.5. The second-order valence-corrected chi connectivity index (χ2v) is 8.40. The van der Waals surface area contributed by atoms with Gasteiger partial charge in [0.15, 0.2) is 0 Å². The number of nitro benzene ring substituents is 1. The van der Waals surface area contributed by atoms with E-state index in [1.54, 1.807) is 18.2 Å². The van der Waals surface area contributed by atoms with Crippen molar-refractivity contribution in [1.29, 1.82) is 0 Å². The average molecular weight is 354 g/mol. The second kappa shape index (κ2) is 8.59. The highest BCUT2D eigenvalue weighted by molar-refractivity contribution is 8.17. The number of nitrogens with zero attached hydrogens (tertiary/aromatic N) is 2. The van der Waals surface area contributed by atoms with Crippen LogP contribution in [0.25, 0.3) is 0 Å². The third-order valence-electron chi connectivity index (χ3n) is 3.87. The highest BCUT2D eigenvalue weighted by atomic mass is 32.2. The highest BCUT2D eigenvalue weighted by Crippen LogP contribution is 2.36. The highest BCUT2D eigenvalue weighted by Gasteiger charge is 2.37. The van der Waals surface area contributed by atoms with E-state index < -0.39 is 4.92 Å². The molecule has 2 rings (SSSR count). The van der Waals surface area contributed by atoms with E-state index in [9.17, 15) is 14.9 Å². The van der Waals surface area contributed by atoms with Crippen molar-refractivity contribution in [2.24, 2.45) is 0 Å². The lowest BCUT2D eigenvalue weighted by Gasteiger charge is -2.30. The summed E-state index contributed by atoms with van der Waals surface area (Å²) in [5, 5.41) is 11.2. The fourth-order valence-electron chi connectivity index (χ4n) is 2.89. The fourth-order valence-corrected chi connectivity index (χ4v) is 5.76. The summed E-state index contributed by atoms with van der Waals surface area (Å²) in [7, 11) is 0. The maximum Gasteiger partial charge on any atom is 0.282 e. The quantitative estimate of drug-likeness (QED) is 0.420. The van der Waals surface area contributed by atoms with Crippen LogP contribution in [0.3, 0.4) is 0 Å². The van der Waals surface area contributed by atoms with Crippen LogP contribution in [-0.2, 0) is 0 Å². The standard InChI is InChI=1S/C16H22N2O3S2/c1-3-22-16(23-4-2)14-10-7-11-17(14)15(19)12-8-5-6-9-13(12)18(20)21/h5-6,8-9,14,16H,3-4,7,10-11H2,1-2H3. The third-order valence-corrected chi connectivity index (χ3v) is 6.64. The van der Waals surface area contributed by atoms with Gasteiger partial charge in [-0.05, 0) is 30.4 Å². The maximum absolute atomic E-state index is 12.9. The molecule has 1 aliphatic heterocycles. The van der Waals surface area contributed by atoms with E-state index in [0.717, 1.165) is 24.3 Å². The molecule has 1 saturated heterocycles. The predicted molar refractivity (Wildman–Crippen MR) is 97.2 cm³/mol. The van der Waals surface area contributed by atoms with Gasteiger partial charge in [0.05, 0.1) is 15.5 Å². The lowest BCUT2D eigenvalue weighted by molar-refractivity contribution is -0.385. The van der Waals surface area contributed by atoms with Gasteiger partial charge in [0.1, 0.15) is 5.56 Å². The molecule has 0 radical (unpaired) electrons. The van der Waals surface area contributed by atoms with E-state index in [1.165, 1.54) is 6.07 Å². The molecule has 1 atom stereocenters. The van der Waals surface area contributed by atoms with Crippen molar-refractivity contribution >= 4 is 35.1 Å². The zero-order valence-corrected chi connectivity index (χ0v) is 15.1. The zero-order chi connectivity index (χ0) is 16.8. The summed E-state index contributed by atoms with van der Waals surface area (Å²) in [5.41, 5.74) is 0.0946. The topological polar surface area (TPSA) is 63.5 Å². The van der Waals surface area contributed by atoms with Crippen LogP contribution in [0.1, 0.15) is 37.0 Å². The Balaban J connectivity index is 2.25. The van der Waals surface area contributed by atoms with Crippen LogP contribution in [-0.4, -0.2) is 44.4 Å². The van der Waals surface area contributed by atoms with E-state index in [0.29, 0.717) is 11.1 Å². The molecule has 0 N–H and O–H groups in total. The normalized spacial score (nSPS) is 17.7. The van der Waals surface area contributed by atoms with Gasteiger partial charge >= 0.3 is 0 Å². The van der Waals surface area contributed by atoms with Gasteiger partial charge in [-0.25, -0.2) is 0 Å². The number of carbonyl (C=O) groups excluding carboxylic acids is 1. The van der Waals surface area contributed by atoms with E-state index in [4.69, 9.17) is 0 Å². The molecule has 1 fully saturated rings.